The Labute approximate surface area is 127 Å². The molecule has 0 aliphatic carbocycles. The van der Waals surface area contributed by atoms with Crippen LogP contribution < -0.4 is 5.32 Å². The number of rotatable bonds is 6. The van der Waals surface area contributed by atoms with Gasteiger partial charge in [-0.2, -0.15) is 0 Å². The molecule has 0 amide bonds. The number of hydrogen-bond acceptors (Lipinski definition) is 2. The zero-order valence-corrected chi connectivity index (χ0v) is 13.8. The minimum absolute atomic E-state index is 0.513. The van der Waals surface area contributed by atoms with Gasteiger partial charge in [-0.05, 0) is 63.4 Å². The molecule has 0 saturated heterocycles. The van der Waals surface area contributed by atoms with E-state index in [-0.39, 0.29) is 0 Å². The molecule has 0 aliphatic rings. The summed E-state index contributed by atoms with van der Waals surface area (Å²) in [4.78, 5) is 2.98. The van der Waals surface area contributed by atoms with Gasteiger partial charge < -0.3 is 5.32 Å². The van der Waals surface area contributed by atoms with Gasteiger partial charge in [-0.3, -0.25) is 0 Å². The fourth-order valence-corrected chi connectivity index (χ4v) is 3.56. The van der Waals surface area contributed by atoms with Crippen LogP contribution in [0.1, 0.15) is 33.4 Å². The van der Waals surface area contributed by atoms with Gasteiger partial charge in [-0.1, -0.05) is 30.7 Å². The van der Waals surface area contributed by atoms with Crippen LogP contribution in [-0.4, -0.2) is 13.1 Å². The molecule has 1 aromatic heterocycles. The van der Waals surface area contributed by atoms with E-state index in [0.717, 1.165) is 19.3 Å². The highest BCUT2D eigenvalue weighted by molar-refractivity contribution is 7.11. The average Bonchev–Trinajstić information content (AvgIpc) is 2.89. The number of nitrogens with one attached hydrogen (secondary N) is 1. The Bertz CT molecular complexity index is 556. The van der Waals surface area contributed by atoms with Gasteiger partial charge in [0.25, 0.3) is 0 Å². The summed E-state index contributed by atoms with van der Waals surface area (Å²) >= 11 is 1.95. The fraction of sp³-hybridized carbons (Fsp3) is 0.444. The second-order valence-corrected chi connectivity index (χ2v) is 6.80. The van der Waals surface area contributed by atoms with E-state index in [1.165, 1.54) is 26.4 Å². The first-order valence-corrected chi connectivity index (χ1v) is 8.25. The van der Waals surface area contributed by atoms with Gasteiger partial charge in [-0.25, -0.2) is 0 Å². The van der Waals surface area contributed by atoms with E-state index >= 15 is 0 Å². The lowest BCUT2D eigenvalue weighted by Crippen LogP contribution is -2.29. The Hall–Kier alpha value is -1.12. The summed E-state index contributed by atoms with van der Waals surface area (Å²) in [5, 5.41) is 3.48. The molecule has 1 nitrogen and oxygen atoms in total. The van der Waals surface area contributed by atoms with Crippen molar-refractivity contribution in [2.75, 3.05) is 7.05 Å². The van der Waals surface area contributed by atoms with E-state index in [4.69, 9.17) is 0 Å². The number of aryl methyl sites for hydroxylation is 3. The van der Waals surface area contributed by atoms with Crippen LogP contribution in [0.15, 0.2) is 30.3 Å². The number of hydrogen-bond donors (Lipinski definition) is 1. The fourth-order valence-electron chi connectivity index (χ4n) is 2.53. The van der Waals surface area contributed by atoms with Crippen molar-refractivity contribution in [1.82, 2.24) is 5.32 Å². The lowest BCUT2D eigenvalue weighted by atomic mass is 9.97. The molecule has 2 heteroatoms. The average molecular weight is 287 g/mol. The van der Waals surface area contributed by atoms with Crippen LogP contribution in [0, 0.1) is 13.8 Å². The van der Waals surface area contributed by atoms with Gasteiger partial charge in [0.2, 0.25) is 0 Å². The SMILES string of the molecule is CCc1ccc(CC(Cc2cc(C)ccc2C)NC)s1. The smallest absolute Gasteiger partial charge is 0.0153 e. The molecule has 108 valence electrons. The summed E-state index contributed by atoms with van der Waals surface area (Å²) in [5.41, 5.74) is 4.22. The molecule has 0 bridgehead atoms. The Morgan fingerprint density at radius 2 is 1.80 bits per heavy atom. The van der Waals surface area contributed by atoms with Crippen LogP contribution in [0.3, 0.4) is 0 Å². The van der Waals surface area contributed by atoms with Crippen molar-refractivity contribution < 1.29 is 0 Å². The Kier molecular flexibility index (Phi) is 5.38. The summed E-state index contributed by atoms with van der Waals surface area (Å²) < 4.78 is 0. The molecule has 1 atom stereocenters. The summed E-state index contributed by atoms with van der Waals surface area (Å²) in [6.45, 7) is 6.60. The topological polar surface area (TPSA) is 12.0 Å². The largest absolute Gasteiger partial charge is 0.316 e. The van der Waals surface area contributed by atoms with Crippen LogP contribution in [-0.2, 0) is 19.3 Å². The Morgan fingerprint density at radius 1 is 1.05 bits per heavy atom. The normalized spacial score (nSPS) is 12.6. The van der Waals surface area contributed by atoms with E-state index in [1.54, 1.807) is 0 Å². The minimum Gasteiger partial charge on any atom is -0.316 e. The van der Waals surface area contributed by atoms with Crippen LogP contribution >= 0.6 is 11.3 Å². The summed E-state index contributed by atoms with van der Waals surface area (Å²) in [6, 6.07) is 11.8. The van der Waals surface area contributed by atoms with Crippen molar-refractivity contribution in [1.29, 1.82) is 0 Å². The van der Waals surface area contributed by atoms with E-state index in [2.05, 4.69) is 63.5 Å². The third-order valence-electron chi connectivity index (χ3n) is 3.89. The number of benzene rings is 1. The first-order valence-electron chi connectivity index (χ1n) is 7.43. The van der Waals surface area contributed by atoms with Crippen molar-refractivity contribution in [3.63, 3.8) is 0 Å². The van der Waals surface area contributed by atoms with Gasteiger partial charge in [-0.15, -0.1) is 11.3 Å². The van der Waals surface area contributed by atoms with Crippen LogP contribution in [0.5, 0.6) is 0 Å². The highest BCUT2D eigenvalue weighted by atomic mass is 32.1. The van der Waals surface area contributed by atoms with E-state index < -0.39 is 0 Å². The molecule has 0 aliphatic heterocycles. The van der Waals surface area contributed by atoms with Gasteiger partial charge >= 0.3 is 0 Å². The lowest BCUT2D eigenvalue weighted by Gasteiger charge is -2.17. The summed E-state index contributed by atoms with van der Waals surface area (Å²) in [5.74, 6) is 0. The number of likely N-dealkylation sites (N-methyl/N-ethyl adjacent to an activating group) is 1. The molecule has 0 radical (unpaired) electrons. The molecule has 0 saturated carbocycles. The van der Waals surface area contributed by atoms with Gasteiger partial charge in [0.05, 0.1) is 0 Å². The maximum Gasteiger partial charge on any atom is 0.0153 e. The van der Waals surface area contributed by atoms with Crippen LogP contribution in [0.4, 0.5) is 0 Å². The second-order valence-electron chi connectivity index (χ2n) is 5.55. The standard InChI is InChI=1S/C18H25NS/c1-5-17-8-9-18(20-17)12-16(19-4)11-15-10-13(2)6-7-14(15)3/h6-10,16,19H,5,11-12H2,1-4H3. The third kappa shape index (κ3) is 3.94. The molecule has 0 fully saturated rings. The molecular formula is C18H25NS. The zero-order chi connectivity index (χ0) is 14.5. The second kappa shape index (κ2) is 7.05. The Balaban J connectivity index is 2.06. The maximum absolute atomic E-state index is 3.48. The molecule has 1 heterocycles. The Morgan fingerprint density at radius 3 is 2.45 bits per heavy atom. The molecule has 1 unspecified atom stereocenters. The summed E-state index contributed by atoms with van der Waals surface area (Å²) in [6.07, 6.45) is 3.36. The molecule has 0 spiro atoms. The minimum atomic E-state index is 0.513. The first kappa shape index (κ1) is 15.3. The monoisotopic (exact) mass is 287 g/mol. The summed E-state index contributed by atoms with van der Waals surface area (Å²) in [7, 11) is 2.07. The van der Waals surface area contributed by atoms with Crippen molar-refractivity contribution in [3.8, 4) is 0 Å². The van der Waals surface area contributed by atoms with Crippen LogP contribution in [0.25, 0.3) is 0 Å². The number of thiophene rings is 1. The highest BCUT2D eigenvalue weighted by Crippen LogP contribution is 2.20. The first-order chi connectivity index (χ1) is 9.62. The highest BCUT2D eigenvalue weighted by Gasteiger charge is 2.11. The predicted octanol–water partition coefficient (Wildman–Crippen LogP) is 4.30. The molecule has 1 aromatic carbocycles. The van der Waals surface area contributed by atoms with E-state index in [0.29, 0.717) is 6.04 Å². The molecule has 20 heavy (non-hydrogen) atoms. The van der Waals surface area contributed by atoms with Gasteiger partial charge in [0.1, 0.15) is 0 Å². The quantitative estimate of drug-likeness (QED) is 0.835. The van der Waals surface area contributed by atoms with Crippen molar-refractivity contribution >= 4 is 11.3 Å². The van der Waals surface area contributed by atoms with Crippen molar-refractivity contribution in [2.24, 2.45) is 0 Å². The molecule has 1 N–H and O–H groups in total. The van der Waals surface area contributed by atoms with Crippen molar-refractivity contribution in [2.45, 2.75) is 46.1 Å². The third-order valence-corrected chi connectivity index (χ3v) is 5.14. The predicted molar refractivity (Wildman–Crippen MR) is 89.9 cm³/mol. The van der Waals surface area contributed by atoms with Crippen LogP contribution in [0.2, 0.25) is 0 Å². The molecule has 2 rings (SSSR count). The maximum atomic E-state index is 3.48. The lowest BCUT2D eigenvalue weighted by molar-refractivity contribution is 0.559. The van der Waals surface area contributed by atoms with Crippen molar-refractivity contribution in [3.05, 3.63) is 56.8 Å². The zero-order valence-electron chi connectivity index (χ0n) is 13.0. The molecule has 2 aromatic rings. The van der Waals surface area contributed by atoms with Gasteiger partial charge in [0, 0.05) is 15.8 Å². The van der Waals surface area contributed by atoms with E-state index in [9.17, 15) is 0 Å². The van der Waals surface area contributed by atoms with E-state index in [1.807, 2.05) is 11.3 Å². The molecular weight excluding hydrogens is 262 g/mol. The van der Waals surface area contributed by atoms with Gasteiger partial charge in [0.15, 0.2) is 0 Å².